The first kappa shape index (κ1) is 19.0. The first-order chi connectivity index (χ1) is 11.1. The fourth-order valence-corrected chi connectivity index (χ4v) is 3.43. The van der Waals surface area contributed by atoms with Crippen LogP contribution in [0.3, 0.4) is 0 Å². The van der Waals surface area contributed by atoms with Crippen LogP contribution in [0.25, 0.3) is 11.0 Å². The number of hydrogen-bond acceptors (Lipinski definition) is 4. The van der Waals surface area contributed by atoms with Gasteiger partial charge in [0, 0.05) is 23.4 Å². The van der Waals surface area contributed by atoms with E-state index in [1.807, 2.05) is 31.5 Å². The molecule has 2 rings (SSSR count). The zero-order valence-electron chi connectivity index (χ0n) is 14.1. The van der Waals surface area contributed by atoms with Gasteiger partial charge in [-0.05, 0) is 43.4 Å². The molecule has 8 heteroatoms. The standard InChI is InChI=1S/C16H20ClIN4O2/c1-6-10(21(5)15(23)24-16(2,3)4)7-22-8-11(18)12-13(17)19-9-20-14(12)22/h6,8-10H,1,7H2,2-5H3/t10-/m1/s1. The van der Waals surface area contributed by atoms with E-state index in [-0.39, 0.29) is 6.04 Å². The highest BCUT2D eigenvalue weighted by Gasteiger charge is 2.25. The van der Waals surface area contributed by atoms with Crippen molar-refractivity contribution >= 4 is 51.3 Å². The first-order valence-electron chi connectivity index (χ1n) is 7.37. The highest BCUT2D eigenvalue weighted by atomic mass is 127. The molecule has 0 saturated heterocycles. The highest BCUT2D eigenvalue weighted by molar-refractivity contribution is 14.1. The number of amides is 1. The third-order valence-electron chi connectivity index (χ3n) is 3.40. The maximum atomic E-state index is 12.3. The molecule has 24 heavy (non-hydrogen) atoms. The van der Waals surface area contributed by atoms with Crippen molar-refractivity contribution in [3.05, 3.63) is 33.9 Å². The molecule has 2 aromatic rings. The SMILES string of the molecule is C=C[C@H](Cn1cc(I)c2c(Cl)ncnc21)N(C)C(=O)OC(C)(C)C. The van der Waals surface area contributed by atoms with Crippen LogP contribution in [0.2, 0.25) is 5.15 Å². The molecule has 0 aliphatic carbocycles. The van der Waals surface area contributed by atoms with Gasteiger partial charge in [-0.25, -0.2) is 14.8 Å². The summed E-state index contributed by atoms with van der Waals surface area (Å²) < 4.78 is 8.31. The lowest BCUT2D eigenvalue weighted by Crippen LogP contribution is -2.41. The van der Waals surface area contributed by atoms with Gasteiger partial charge in [0.1, 0.15) is 22.7 Å². The number of fused-ring (bicyclic) bond motifs is 1. The molecule has 130 valence electrons. The average Bonchev–Trinajstić information content (AvgIpc) is 2.80. The van der Waals surface area contributed by atoms with Gasteiger partial charge in [0.2, 0.25) is 0 Å². The Morgan fingerprint density at radius 2 is 2.21 bits per heavy atom. The van der Waals surface area contributed by atoms with Gasteiger partial charge >= 0.3 is 6.09 Å². The number of carbonyl (C=O) groups excluding carboxylic acids is 1. The number of rotatable bonds is 4. The van der Waals surface area contributed by atoms with Crippen LogP contribution in [-0.4, -0.2) is 44.2 Å². The van der Waals surface area contributed by atoms with Gasteiger partial charge in [0.25, 0.3) is 0 Å². The molecule has 0 aromatic carbocycles. The Labute approximate surface area is 160 Å². The predicted molar refractivity (Wildman–Crippen MR) is 103 cm³/mol. The zero-order valence-corrected chi connectivity index (χ0v) is 17.0. The van der Waals surface area contributed by atoms with Crippen molar-refractivity contribution in [2.45, 2.75) is 39.0 Å². The van der Waals surface area contributed by atoms with E-state index >= 15 is 0 Å². The molecule has 1 amide bonds. The van der Waals surface area contributed by atoms with E-state index in [1.54, 1.807) is 13.1 Å². The normalized spacial score (nSPS) is 12.9. The van der Waals surface area contributed by atoms with Crippen molar-refractivity contribution in [3.8, 4) is 0 Å². The quantitative estimate of drug-likeness (QED) is 0.390. The summed E-state index contributed by atoms with van der Waals surface area (Å²) in [6.45, 7) is 9.84. The van der Waals surface area contributed by atoms with Gasteiger partial charge in [-0.15, -0.1) is 6.58 Å². The number of halogens is 2. The average molecular weight is 463 g/mol. The van der Waals surface area contributed by atoms with Crippen molar-refractivity contribution in [2.75, 3.05) is 7.05 Å². The summed E-state index contributed by atoms with van der Waals surface area (Å²) in [7, 11) is 1.69. The Morgan fingerprint density at radius 3 is 2.79 bits per heavy atom. The van der Waals surface area contributed by atoms with Crippen LogP contribution in [0, 0.1) is 3.57 Å². The number of aromatic nitrogens is 3. The number of hydrogen-bond donors (Lipinski definition) is 0. The summed E-state index contributed by atoms with van der Waals surface area (Å²) in [5.41, 5.74) is 0.178. The van der Waals surface area contributed by atoms with Crippen LogP contribution in [0.1, 0.15) is 20.8 Å². The highest BCUT2D eigenvalue weighted by Crippen LogP contribution is 2.27. The van der Waals surface area contributed by atoms with Crippen LogP contribution >= 0.6 is 34.2 Å². The molecular formula is C16H20ClIN4O2. The second-order valence-electron chi connectivity index (χ2n) is 6.39. The van der Waals surface area contributed by atoms with Gasteiger partial charge in [0.05, 0.1) is 11.4 Å². The van der Waals surface area contributed by atoms with E-state index in [0.717, 1.165) is 14.6 Å². The Bertz CT molecular complexity index is 769. The molecule has 0 saturated carbocycles. The fraction of sp³-hybridized carbons (Fsp3) is 0.438. The van der Waals surface area contributed by atoms with Crippen molar-refractivity contribution in [1.29, 1.82) is 0 Å². The van der Waals surface area contributed by atoms with E-state index in [0.29, 0.717) is 11.7 Å². The number of nitrogens with zero attached hydrogens (tertiary/aromatic N) is 4. The number of ether oxygens (including phenoxy) is 1. The summed E-state index contributed by atoms with van der Waals surface area (Å²) in [6.07, 6.45) is 4.68. The van der Waals surface area contributed by atoms with E-state index in [1.165, 1.54) is 11.2 Å². The predicted octanol–water partition coefficient (Wildman–Crippen LogP) is 4.11. The van der Waals surface area contributed by atoms with Gasteiger partial charge in [-0.2, -0.15) is 0 Å². The Hall–Kier alpha value is -1.35. The minimum atomic E-state index is -0.548. The monoisotopic (exact) mass is 462 g/mol. The minimum Gasteiger partial charge on any atom is -0.444 e. The number of likely N-dealkylation sites (N-methyl/N-ethyl adjacent to an activating group) is 1. The lowest BCUT2D eigenvalue weighted by molar-refractivity contribution is 0.0245. The molecule has 0 aliphatic rings. The van der Waals surface area contributed by atoms with E-state index in [4.69, 9.17) is 16.3 Å². The molecule has 0 unspecified atom stereocenters. The van der Waals surface area contributed by atoms with Crippen LogP contribution < -0.4 is 0 Å². The molecule has 0 N–H and O–H groups in total. The van der Waals surface area contributed by atoms with Crippen molar-refractivity contribution in [1.82, 2.24) is 19.4 Å². The van der Waals surface area contributed by atoms with E-state index < -0.39 is 11.7 Å². The number of carbonyl (C=O) groups is 1. The van der Waals surface area contributed by atoms with Crippen LogP contribution in [0.15, 0.2) is 25.2 Å². The lowest BCUT2D eigenvalue weighted by atomic mass is 10.2. The third kappa shape index (κ3) is 4.18. The van der Waals surface area contributed by atoms with Gasteiger partial charge in [-0.3, -0.25) is 0 Å². The minimum absolute atomic E-state index is 0.250. The zero-order chi connectivity index (χ0) is 18.1. The molecule has 0 radical (unpaired) electrons. The van der Waals surface area contributed by atoms with Crippen LogP contribution in [0.4, 0.5) is 4.79 Å². The summed E-state index contributed by atoms with van der Waals surface area (Å²) in [5, 5.41) is 1.22. The molecular weight excluding hydrogens is 443 g/mol. The Kier molecular flexibility index (Phi) is 5.74. The molecule has 2 heterocycles. The molecule has 0 spiro atoms. The molecule has 2 aromatic heterocycles. The molecule has 0 bridgehead atoms. The smallest absolute Gasteiger partial charge is 0.410 e. The van der Waals surface area contributed by atoms with E-state index in [9.17, 15) is 4.79 Å². The van der Waals surface area contributed by atoms with Crippen molar-refractivity contribution in [3.63, 3.8) is 0 Å². The molecule has 6 nitrogen and oxygen atoms in total. The Morgan fingerprint density at radius 1 is 1.54 bits per heavy atom. The van der Waals surface area contributed by atoms with Gasteiger partial charge in [0.15, 0.2) is 0 Å². The summed E-state index contributed by atoms with van der Waals surface area (Å²) in [6, 6.07) is -0.250. The lowest BCUT2D eigenvalue weighted by Gasteiger charge is -2.29. The van der Waals surface area contributed by atoms with Crippen molar-refractivity contribution in [2.24, 2.45) is 0 Å². The maximum absolute atomic E-state index is 12.3. The second-order valence-corrected chi connectivity index (χ2v) is 7.91. The molecule has 1 atom stereocenters. The van der Waals surface area contributed by atoms with Crippen molar-refractivity contribution < 1.29 is 9.53 Å². The Balaban J connectivity index is 2.27. The third-order valence-corrected chi connectivity index (χ3v) is 4.50. The molecule has 0 aliphatic heterocycles. The first-order valence-corrected chi connectivity index (χ1v) is 8.83. The summed E-state index contributed by atoms with van der Waals surface area (Å²) in [4.78, 5) is 22.1. The van der Waals surface area contributed by atoms with E-state index in [2.05, 4.69) is 39.1 Å². The summed E-state index contributed by atoms with van der Waals surface area (Å²) >= 11 is 8.35. The fourth-order valence-electron chi connectivity index (χ4n) is 2.21. The maximum Gasteiger partial charge on any atom is 0.410 e. The topological polar surface area (TPSA) is 60.2 Å². The van der Waals surface area contributed by atoms with Gasteiger partial charge in [-0.1, -0.05) is 17.7 Å². The van der Waals surface area contributed by atoms with Crippen LogP contribution in [-0.2, 0) is 11.3 Å². The van der Waals surface area contributed by atoms with Gasteiger partial charge < -0.3 is 14.2 Å². The second kappa shape index (κ2) is 7.26. The molecule has 0 fully saturated rings. The summed E-state index contributed by atoms with van der Waals surface area (Å²) in [5.74, 6) is 0. The van der Waals surface area contributed by atoms with Crippen LogP contribution in [0.5, 0.6) is 0 Å². The largest absolute Gasteiger partial charge is 0.444 e.